The fourth-order valence-electron chi connectivity index (χ4n) is 2.83. The molecule has 1 unspecified atom stereocenters. The number of hydrogen-bond donors (Lipinski definition) is 1. The summed E-state index contributed by atoms with van der Waals surface area (Å²) in [5.74, 6) is 0.589. The van der Waals surface area contributed by atoms with Gasteiger partial charge >= 0.3 is 0 Å². The van der Waals surface area contributed by atoms with Gasteiger partial charge < -0.3 is 5.32 Å². The molecular formula is C15H18N4S. The third kappa shape index (κ3) is 2.47. The zero-order valence-electron chi connectivity index (χ0n) is 11.4. The van der Waals surface area contributed by atoms with Crippen LogP contribution in [0.2, 0.25) is 0 Å². The van der Waals surface area contributed by atoms with Crippen molar-refractivity contribution in [2.45, 2.75) is 44.1 Å². The van der Waals surface area contributed by atoms with Crippen LogP contribution in [0.1, 0.15) is 42.2 Å². The Hall–Kier alpha value is -1.33. The monoisotopic (exact) mass is 286 g/mol. The van der Waals surface area contributed by atoms with Crippen molar-refractivity contribution in [1.29, 1.82) is 0 Å². The van der Waals surface area contributed by atoms with Gasteiger partial charge in [0.1, 0.15) is 17.0 Å². The number of thiazole rings is 1. The first-order chi connectivity index (χ1) is 9.90. The molecule has 2 aliphatic rings. The standard InChI is InChI=1S/C15H18N4S/c1-2-10(8-17-11-4-5-11)14-13(3-1)20-15(19-14)12-6-7-16-9-18-12/h6-7,9-11,17H,1-5,8H2. The van der Waals surface area contributed by atoms with Crippen LogP contribution in [0.4, 0.5) is 0 Å². The van der Waals surface area contributed by atoms with Crippen molar-refractivity contribution in [2.24, 2.45) is 0 Å². The minimum absolute atomic E-state index is 0.589. The molecule has 2 aromatic heterocycles. The first-order valence-electron chi connectivity index (χ1n) is 7.39. The lowest BCUT2D eigenvalue weighted by Crippen LogP contribution is -2.25. The van der Waals surface area contributed by atoms with Gasteiger partial charge in [0.25, 0.3) is 0 Å². The molecule has 2 aliphatic carbocycles. The quantitative estimate of drug-likeness (QED) is 0.939. The predicted octanol–water partition coefficient (Wildman–Crippen LogP) is 2.77. The molecule has 5 heteroatoms. The molecule has 4 rings (SSSR count). The number of nitrogens with zero attached hydrogens (tertiary/aromatic N) is 3. The van der Waals surface area contributed by atoms with E-state index in [1.807, 2.05) is 17.4 Å². The molecule has 0 radical (unpaired) electrons. The highest BCUT2D eigenvalue weighted by Crippen LogP contribution is 2.37. The van der Waals surface area contributed by atoms with Crippen LogP contribution in [0.3, 0.4) is 0 Å². The SMILES string of the molecule is c1cc(-c2nc3c(s2)CCCC3CNC2CC2)ncn1. The second-order valence-corrected chi connectivity index (χ2v) is 6.78. The van der Waals surface area contributed by atoms with E-state index in [1.54, 1.807) is 12.5 Å². The maximum absolute atomic E-state index is 4.89. The van der Waals surface area contributed by atoms with Crippen molar-refractivity contribution in [3.05, 3.63) is 29.2 Å². The molecule has 104 valence electrons. The minimum Gasteiger partial charge on any atom is -0.313 e. The van der Waals surface area contributed by atoms with Gasteiger partial charge in [0.2, 0.25) is 0 Å². The highest BCUT2D eigenvalue weighted by Gasteiger charge is 2.28. The Bertz CT molecular complexity index is 591. The lowest BCUT2D eigenvalue weighted by molar-refractivity contribution is 0.500. The van der Waals surface area contributed by atoms with E-state index in [0.29, 0.717) is 5.92 Å². The summed E-state index contributed by atoms with van der Waals surface area (Å²) >= 11 is 1.81. The summed E-state index contributed by atoms with van der Waals surface area (Å²) < 4.78 is 0. The summed E-state index contributed by atoms with van der Waals surface area (Å²) in [6, 6.07) is 2.72. The Morgan fingerprint density at radius 1 is 1.30 bits per heavy atom. The van der Waals surface area contributed by atoms with E-state index in [4.69, 9.17) is 4.98 Å². The molecule has 4 nitrogen and oxygen atoms in total. The van der Waals surface area contributed by atoms with Gasteiger partial charge in [-0.2, -0.15) is 0 Å². The van der Waals surface area contributed by atoms with Crippen LogP contribution >= 0.6 is 11.3 Å². The largest absolute Gasteiger partial charge is 0.313 e. The zero-order chi connectivity index (χ0) is 13.4. The Morgan fingerprint density at radius 2 is 2.25 bits per heavy atom. The van der Waals surface area contributed by atoms with Crippen LogP contribution in [0.25, 0.3) is 10.7 Å². The molecular weight excluding hydrogens is 268 g/mol. The van der Waals surface area contributed by atoms with Gasteiger partial charge in [0.15, 0.2) is 0 Å². The fourth-order valence-corrected chi connectivity index (χ4v) is 4.00. The second kappa shape index (κ2) is 5.22. The Balaban J connectivity index is 1.59. The van der Waals surface area contributed by atoms with Crippen LogP contribution < -0.4 is 5.32 Å². The van der Waals surface area contributed by atoms with Crippen LogP contribution in [-0.2, 0) is 6.42 Å². The molecule has 1 N–H and O–H groups in total. The van der Waals surface area contributed by atoms with E-state index < -0.39 is 0 Å². The topological polar surface area (TPSA) is 50.7 Å². The van der Waals surface area contributed by atoms with Gasteiger partial charge in [-0.3, -0.25) is 0 Å². The Morgan fingerprint density at radius 3 is 3.05 bits per heavy atom. The third-order valence-corrected chi connectivity index (χ3v) is 5.26. The van der Waals surface area contributed by atoms with E-state index in [9.17, 15) is 0 Å². The molecule has 0 amide bonds. The van der Waals surface area contributed by atoms with Gasteiger partial charge in [0.05, 0.1) is 5.69 Å². The summed E-state index contributed by atoms with van der Waals surface area (Å²) in [5, 5.41) is 4.71. The summed E-state index contributed by atoms with van der Waals surface area (Å²) in [4.78, 5) is 14.7. The van der Waals surface area contributed by atoms with Gasteiger partial charge in [-0.25, -0.2) is 15.0 Å². The van der Waals surface area contributed by atoms with E-state index in [1.165, 1.54) is 42.7 Å². The summed E-state index contributed by atoms with van der Waals surface area (Å²) in [7, 11) is 0. The number of aryl methyl sites for hydroxylation is 1. The normalized spacial score (nSPS) is 21.7. The number of hydrogen-bond acceptors (Lipinski definition) is 5. The molecule has 0 aromatic carbocycles. The van der Waals surface area contributed by atoms with Crippen molar-refractivity contribution in [3.8, 4) is 10.7 Å². The van der Waals surface area contributed by atoms with Crippen molar-refractivity contribution in [2.75, 3.05) is 6.54 Å². The highest BCUT2D eigenvalue weighted by molar-refractivity contribution is 7.15. The summed E-state index contributed by atoms with van der Waals surface area (Å²) in [6.07, 6.45) is 9.81. The van der Waals surface area contributed by atoms with Crippen LogP contribution in [-0.4, -0.2) is 27.5 Å². The van der Waals surface area contributed by atoms with E-state index in [0.717, 1.165) is 23.3 Å². The maximum Gasteiger partial charge on any atom is 0.142 e. The summed E-state index contributed by atoms with van der Waals surface area (Å²) in [5.41, 5.74) is 2.27. The highest BCUT2D eigenvalue weighted by atomic mass is 32.1. The molecule has 0 bridgehead atoms. The second-order valence-electron chi connectivity index (χ2n) is 5.69. The molecule has 2 aromatic rings. The van der Waals surface area contributed by atoms with Gasteiger partial charge in [-0.05, 0) is 38.2 Å². The number of rotatable bonds is 4. The molecule has 0 spiro atoms. The third-order valence-electron chi connectivity index (χ3n) is 4.10. The molecule has 1 fully saturated rings. The molecule has 20 heavy (non-hydrogen) atoms. The van der Waals surface area contributed by atoms with E-state index in [2.05, 4.69) is 15.3 Å². The van der Waals surface area contributed by atoms with Gasteiger partial charge in [0, 0.05) is 29.6 Å². The molecule has 1 saturated carbocycles. The average molecular weight is 286 g/mol. The van der Waals surface area contributed by atoms with Crippen molar-refractivity contribution >= 4 is 11.3 Å². The lowest BCUT2D eigenvalue weighted by atomic mass is 9.91. The minimum atomic E-state index is 0.589. The summed E-state index contributed by atoms with van der Waals surface area (Å²) in [6.45, 7) is 1.09. The smallest absolute Gasteiger partial charge is 0.142 e. The average Bonchev–Trinajstić information content (AvgIpc) is 3.22. The number of nitrogens with one attached hydrogen (secondary N) is 1. The van der Waals surface area contributed by atoms with Crippen molar-refractivity contribution < 1.29 is 0 Å². The lowest BCUT2D eigenvalue weighted by Gasteiger charge is -2.21. The molecule has 0 aliphatic heterocycles. The molecule has 0 saturated heterocycles. The van der Waals surface area contributed by atoms with Crippen LogP contribution in [0, 0.1) is 0 Å². The number of fused-ring (bicyclic) bond motifs is 1. The fraction of sp³-hybridized carbons (Fsp3) is 0.533. The van der Waals surface area contributed by atoms with Crippen molar-refractivity contribution in [3.63, 3.8) is 0 Å². The Kier molecular flexibility index (Phi) is 3.24. The van der Waals surface area contributed by atoms with Crippen molar-refractivity contribution in [1.82, 2.24) is 20.3 Å². The van der Waals surface area contributed by atoms with E-state index in [-0.39, 0.29) is 0 Å². The first-order valence-corrected chi connectivity index (χ1v) is 8.21. The first kappa shape index (κ1) is 12.4. The Labute approximate surface area is 122 Å². The predicted molar refractivity (Wildman–Crippen MR) is 79.8 cm³/mol. The molecule has 2 heterocycles. The molecule has 1 atom stereocenters. The van der Waals surface area contributed by atoms with Gasteiger partial charge in [-0.1, -0.05) is 0 Å². The maximum atomic E-state index is 4.89. The van der Waals surface area contributed by atoms with E-state index >= 15 is 0 Å². The van der Waals surface area contributed by atoms with Gasteiger partial charge in [-0.15, -0.1) is 11.3 Å². The number of aromatic nitrogens is 3. The van der Waals surface area contributed by atoms with Crippen LogP contribution in [0.5, 0.6) is 0 Å². The zero-order valence-corrected chi connectivity index (χ0v) is 12.2. The van der Waals surface area contributed by atoms with Crippen LogP contribution in [0.15, 0.2) is 18.6 Å².